The molecule has 0 fully saturated rings. The number of carbonyl (C=O) groups excluding carboxylic acids is 1. The lowest BCUT2D eigenvalue weighted by Crippen LogP contribution is -2.13. The van der Waals surface area contributed by atoms with Gasteiger partial charge in [0.2, 0.25) is 0 Å². The normalized spacial score (nSPS) is 10.3. The Bertz CT molecular complexity index is 930. The third-order valence-electron chi connectivity index (χ3n) is 3.57. The Morgan fingerprint density at radius 1 is 1.04 bits per heavy atom. The zero-order valence-corrected chi connectivity index (χ0v) is 13.8. The SMILES string of the molecule is COc1ccccc1Nc1ccc(NC(=O)c2ccc(F)c(F)c2)nc1. The van der Waals surface area contributed by atoms with Crippen molar-refractivity contribution < 1.29 is 18.3 Å². The highest BCUT2D eigenvalue weighted by Crippen LogP contribution is 2.26. The van der Waals surface area contributed by atoms with Crippen molar-refractivity contribution in [1.82, 2.24) is 4.98 Å². The van der Waals surface area contributed by atoms with Gasteiger partial charge < -0.3 is 15.4 Å². The van der Waals surface area contributed by atoms with Gasteiger partial charge in [-0.15, -0.1) is 0 Å². The van der Waals surface area contributed by atoms with Gasteiger partial charge in [0.1, 0.15) is 11.6 Å². The molecule has 0 atom stereocenters. The number of hydrogen-bond donors (Lipinski definition) is 2. The first-order chi connectivity index (χ1) is 12.6. The molecule has 0 saturated carbocycles. The molecule has 1 heterocycles. The molecule has 2 N–H and O–H groups in total. The van der Waals surface area contributed by atoms with Crippen LogP contribution in [0.2, 0.25) is 0 Å². The Hall–Kier alpha value is -3.48. The summed E-state index contributed by atoms with van der Waals surface area (Å²) in [5.41, 5.74) is 1.47. The molecule has 0 aliphatic heterocycles. The molecule has 26 heavy (non-hydrogen) atoms. The van der Waals surface area contributed by atoms with Crippen LogP contribution in [0.4, 0.5) is 26.0 Å². The van der Waals surface area contributed by atoms with E-state index < -0.39 is 17.5 Å². The number of benzene rings is 2. The van der Waals surface area contributed by atoms with E-state index in [4.69, 9.17) is 4.74 Å². The van der Waals surface area contributed by atoms with Crippen LogP contribution in [0.25, 0.3) is 0 Å². The second-order valence-electron chi connectivity index (χ2n) is 5.34. The fourth-order valence-electron chi connectivity index (χ4n) is 2.27. The van der Waals surface area contributed by atoms with Crippen molar-refractivity contribution in [2.75, 3.05) is 17.7 Å². The summed E-state index contributed by atoms with van der Waals surface area (Å²) in [5.74, 6) is -1.70. The van der Waals surface area contributed by atoms with Gasteiger partial charge in [0.05, 0.1) is 24.7 Å². The first kappa shape index (κ1) is 17.3. The summed E-state index contributed by atoms with van der Waals surface area (Å²) >= 11 is 0. The van der Waals surface area contributed by atoms with E-state index in [0.29, 0.717) is 11.4 Å². The number of pyridine rings is 1. The molecule has 0 bridgehead atoms. The summed E-state index contributed by atoms with van der Waals surface area (Å²) in [6.07, 6.45) is 1.54. The minimum atomic E-state index is -1.08. The number of anilines is 3. The van der Waals surface area contributed by atoms with E-state index in [1.165, 1.54) is 12.3 Å². The van der Waals surface area contributed by atoms with Crippen molar-refractivity contribution in [1.29, 1.82) is 0 Å². The lowest BCUT2D eigenvalue weighted by molar-refractivity contribution is 0.102. The monoisotopic (exact) mass is 355 g/mol. The largest absolute Gasteiger partial charge is 0.495 e. The zero-order chi connectivity index (χ0) is 18.5. The van der Waals surface area contributed by atoms with Crippen LogP contribution in [0.1, 0.15) is 10.4 Å². The smallest absolute Gasteiger partial charge is 0.256 e. The van der Waals surface area contributed by atoms with Crippen LogP contribution in [0, 0.1) is 11.6 Å². The predicted octanol–water partition coefficient (Wildman–Crippen LogP) is 4.36. The first-order valence-electron chi connectivity index (χ1n) is 7.69. The molecule has 0 unspecified atom stereocenters. The van der Waals surface area contributed by atoms with Gasteiger partial charge in [0.15, 0.2) is 11.6 Å². The highest BCUT2D eigenvalue weighted by molar-refractivity contribution is 6.03. The number of nitrogens with one attached hydrogen (secondary N) is 2. The Kier molecular flexibility index (Phi) is 5.07. The van der Waals surface area contributed by atoms with Crippen molar-refractivity contribution in [3.8, 4) is 5.75 Å². The number of methoxy groups -OCH3 is 1. The number of ether oxygens (including phenoxy) is 1. The van der Waals surface area contributed by atoms with Crippen LogP contribution >= 0.6 is 0 Å². The molecule has 1 aromatic heterocycles. The van der Waals surface area contributed by atoms with Gasteiger partial charge in [0.25, 0.3) is 5.91 Å². The van der Waals surface area contributed by atoms with E-state index in [1.54, 1.807) is 19.2 Å². The Labute approximate surface area is 148 Å². The molecule has 7 heteroatoms. The molecule has 0 spiro atoms. The molecule has 3 rings (SSSR count). The molecule has 0 saturated heterocycles. The number of carbonyl (C=O) groups is 1. The van der Waals surface area contributed by atoms with E-state index in [1.807, 2.05) is 24.3 Å². The third kappa shape index (κ3) is 3.94. The maximum absolute atomic E-state index is 13.2. The van der Waals surface area contributed by atoms with E-state index in [2.05, 4.69) is 15.6 Å². The van der Waals surface area contributed by atoms with Gasteiger partial charge in [-0.3, -0.25) is 4.79 Å². The number of amides is 1. The van der Waals surface area contributed by atoms with Crippen LogP contribution in [0.3, 0.4) is 0 Å². The van der Waals surface area contributed by atoms with E-state index >= 15 is 0 Å². The van der Waals surface area contributed by atoms with Crippen LogP contribution in [-0.4, -0.2) is 18.0 Å². The van der Waals surface area contributed by atoms with Gasteiger partial charge in [0, 0.05) is 5.56 Å². The molecule has 3 aromatic rings. The number of hydrogen-bond acceptors (Lipinski definition) is 4. The molecular weight excluding hydrogens is 340 g/mol. The highest BCUT2D eigenvalue weighted by Gasteiger charge is 2.10. The topological polar surface area (TPSA) is 63.2 Å². The number of nitrogens with zero attached hydrogens (tertiary/aromatic N) is 1. The van der Waals surface area contributed by atoms with Crippen molar-refractivity contribution in [2.45, 2.75) is 0 Å². The van der Waals surface area contributed by atoms with Crippen LogP contribution in [0.5, 0.6) is 5.75 Å². The minimum Gasteiger partial charge on any atom is -0.495 e. The Morgan fingerprint density at radius 2 is 1.85 bits per heavy atom. The van der Waals surface area contributed by atoms with Gasteiger partial charge in [-0.2, -0.15) is 0 Å². The van der Waals surface area contributed by atoms with Crippen molar-refractivity contribution >= 4 is 23.1 Å². The third-order valence-corrected chi connectivity index (χ3v) is 3.57. The molecule has 0 radical (unpaired) electrons. The zero-order valence-electron chi connectivity index (χ0n) is 13.8. The van der Waals surface area contributed by atoms with Crippen molar-refractivity contribution in [2.24, 2.45) is 0 Å². The van der Waals surface area contributed by atoms with Gasteiger partial charge >= 0.3 is 0 Å². The average Bonchev–Trinajstić information content (AvgIpc) is 2.66. The molecule has 0 aliphatic carbocycles. The molecular formula is C19H15F2N3O2. The number of para-hydroxylation sites is 2. The van der Waals surface area contributed by atoms with Crippen molar-refractivity contribution in [3.63, 3.8) is 0 Å². The summed E-state index contributed by atoms with van der Waals surface area (Å²) in [4.78, 5) is 16.2. The fraction of sp³-hybridized carbons (Fsp3) is 0.0526. The molecule has 2 aromatic carbocycles. The number of halogens is 2. The summed E-state index contributed by atoms with van der Waals surface area (Å²) in [7, 11) is 1.58. The quantitative estimate of drug-likeness (QED) is 0.714. The highest BCUT2D eigenvalue weighted by atomic mass is 19.2. The standard InChI is InChI=1S/C19H15F2N3O2/c1-26-17-5-3-2-4-16(17)23-13-7-9-18(22-11-13)24-19(25)12-6-8-14(20)15(21)10-12/h2-11,23H,1H3,(H,22,24,25). The maximum atomic E-state index is 13.2. The van der Waals surface area contributed by atoms with Gasteiger partial charge in [-0.1, -0.05) is 12.1 Å². The molecule has 5 nitrogen and oxygen atoms in total. The number of rotatable bonds is 5. The fourth-order valence-corrected chi connectivity index (χ4v) is 2.27. The minimum absolute atomic E-state index is 0.00178. The van der Waals surface area contributed by atoms with Crippen LogP contribution in [-0.2, 0) is 0 Å². The van der Waals surface area contributed by atoms with E-state index in [0.717, 1.165) is 17.8 Å². The van der Waals surface area contributed by atoms with Crippen LogP contribution < -0.4 is 15.4 Å². The second-order valence-corrected chi connectivity index (χ2v) is 5.34. The van der Waals surface area contributed by atoms with Crippen molar-refractivity contribution in [3.05, 3.63) is 78.0 Å². The lowest BCUT2D eigenvalue weighted by Gasteiger charge is -2.11. The first-order valence-corrected chi connectivity index (χ1v) is 7.69. The predicted molar refractivity (Wildman–Crippen MR) is 94.8 cm³/mol. The van der Waals surface area contributed by atoms with Gasteiger partial charge in [-0.05, 0) is 42.5 Å². The summed E-state index contributed by atoms with van der Waals surface area (Å²) in [5, 5.41) is 5.68. The Morgan fingerprint density at radius 3 is 2.54 bits per heavy atom. The van der Waals surface area contributed by atoms with E-state index in [9.17, 15) is 13.6 Å². The maximum Gasteiger partial charge on any atom is 0.256 e. The summed E-state index contributed by atoms with van der Waals surface area (Å²) in [6.45, 7) is 0. The lowest BCUT2D eigenvalue weighted by atomic mass is 10.2. The van der Waals surface area contributed by atoms with Crippen LogP contribution in [0.15, 0.2) is 60.8 Å². The number of aromatic nitrogens is 1. The molecule has 0 aliphatic rings. The van der Waals surface area contributed by atoms with E-state index in [-0.39, 0.29) is 11.4 Å². The molecule has 1 amide bonds. The Balaban J connectivity index is 1.69. The molecule has 132 valence electrons. The second kappa shape index (κ2) is 7.60. The summed E-state index contributed by atoms with van der Waals surface area (Å²) < 4.78 is 31.4. The average molecular weight is 355 g/mol. The van der Waals surface area contributed by atoms with Gasteiger partial charge in [-0.25, -0.2) is 13.8 Å². The summed E-state index contributed by atoms with van der Waals surface area (Å²) in [6, 6.07) is 13.7.